The van der Waals surface area contributed by atoms with Gasteiger partial charge in [0.25, 0.3) is 0 Å². The van der Waals surface area contributed by atoms with E-state index in [1.807, 2.05) is 21.1 Å². The van der Waals surface area contributed by atoms with Gasteiger partial charge in [0.15, 0.2) is 6.10 Å². The first-order valence-electron chi connectivity index (χ1n) is 29.9. The molecule has 9 nitrogen and oxygen atoms in total. The quantitative estimate of drug-likeness (QED) is 0.0211. The summed E-state index contributed by atoms with van der Waals surface area (Å²) in [6, 6.07) is 0. The van der Waals surface area contributed by atoms with Gasteiger partial charge in [-0.1, -0.05) is 264 Å². The molecule has 0 heterocycles. The maximum absolute atomic E-state index is 12.8. The molecule has 0 fully saturated rings. The van der Waals surface area contributed by atoms with Crippen molar-refractivity contribution in [3.63, 3.8) is 0 Å². The van der Waals surface area contributed by atoms with Crippen LogP contribution in [-0.4, -0.2) is 74.9 Å². The first-order chi connectivity index (χ1) is 33.5. The maximum Gasteiger partial charge on any atom is 0.472 e. The van der Waals surface area contributed by atoms with Crippen molar-refractivity contribution in [2.45, 2.75) is 309 Å². The van der Waals surface area contributed by atoms with E-state index in [4.69, 9.17) is 18.5 Å². The van der Waals surface area contributed by atoms with E-state index in [-0.39, 0.29) is 25.6 Å². The summed E-state index contributed by atoms with van der Waals surface area (Å²) in [5.41, 5.74) is 0. The number of rotatable bonds is 56. The normalized spacial score (nSPS) is 13.3. The SMILES string of the molecule is CCCCCCCCCC/C=C\CCCCCCCCCCCCCCCCCCCCCCCCCC(=O)OC(COC(=O)CCCCCCCCCCCC)COP(=O)(O)OCC[N+](C)(C)C. The highest BCUT2D eigenvalue weighted by Gasteiger charge is 2.27. The highest BCUT2D eigenvalue weighted by molar-refractivity contribution is 7.47. The van der Waals surface area contributed by atoms with E-state index >= 15 is 0 Å². The van der Waals surface area contributed by atoms with Gasteiger partial charge in [-0.2, -0.15) is 0 Å². The number of hydrogen-bond donors (Lipinski definition) is 1. The number of allylic oxidation sites excluding steroid dienone is 2. The van der Waals surface area contributed by atoms with Gasteiger partial charge in [-0.15, -0.1) is 0 Å². The van der Waals surface area contributed by atoms with Gasteiger partial charge in [0.05, 0.1) is 27.7 Å². The molecule has 0 aliphatic rings. The van der Waals surface area contributed by atoms with Crippen molar-refractivity contribution in [3.8, 4) is 0 Å². The van der Waals surface area contributed by atoms with Gasteiger partial charge in [0.1, 0.15) is 19.8 Å². The van der Waals surface area contributed by atoms with Crippen molar-refractivity contribution in [2.75, 3.05) is 47.5 Å². The highest BCUT2D eigenvalue weighted by atomic mass is 31.2. The summed E-state index contributed by atoms with van der Waals surface area (Å²) >= 11 is 0. The van der Waals surface area contributed by atoms with Crippen LogP contribution in [0.5, 0.6) is 0 Å². The summed E-state index contributed by atoms with van der Waals surface area (Å²) < 4.78 is 34.5. The molecular weight excluding hydrogens is 882 g/mol. The van der Waals surface area contributed by atoms with Crippen molar-refractivity contribution in [2.24, 2.45) is 0 Å². The molecule has 0 aromatic carbocycles. The van der Waals surface area contributed by atoms with Crippen LogP contribution in [0.15, 0.2) is 12.2 Å². The second-order valence-corrected chi connectivity index (χ2v) is 23.2. The molecule has 2 atom stereocenters. The molecular formula is C59H117NO8P+. The fourth-order valence-electron chi connectivity index (χ4n) is 8.90. The third kappa shape index (κ3) is 55.9. The van der Waals surface area contributed by atoms with Crippen LogP contribution in [0, 0.1) is 0 Å². The molecule has 0 amide bonds. The minimum absolute atomic E-state index is 0.0362. The summed E-state index contributed by atoms with van der Waals surface area (Å²) in [6.07, 6.45) is 60.4. The van der Waals surface area contributed by atoms with Crippen molar-refractivity contribution >= 4 is 19.8 Å². The number of ether oxygens (including phenoxy) is 2. The highest BCUT2D eigenvalue weighted by Crippen LogP contribution is 2.43. The summed E-state index contributed by atoms with van der Waals surface area (Å²) in [5, 5.41) is 0. The number of carbonyl (C=O) groups is 2. The minimum atomic E-state index is -4.37. The van der Waals surface area contributed by atoms with E-state index < -0.39 is 26.5 Å². The fraction of sp³-hybridized carbons (Fsp3) is 0.932. The van der Waals surface area contributed by atoms with Crippen LogP contribution < -0.4 is 0 Å². The zero-order chi connectivity index (χ0) is 50.6. The van der Waals surface area contributed by atoms with Crippen LogP contribution in [0.1, 0.15) is 303 Å². The lowest BCUT2D eigenvalue weighted by molar-refractivity contribution is -0.870. The van der Waals surface area contributed by atoms with Crippen LogP contribution in [-0.2, 0) is 32.7 Å². The Morgan fingerprint density at radius 1 is 0.435 bits per heavy atom. The van der Waals surface area contributed by atoms with Crippen molar-refractivity contribution in [1.29, 1.82) is 0 Å². The third-order valence-electron chi connectivity index (χ3n) is 13.5. The molecule has 0 saturated heterocycles. The Bertz CT molecular complexity index is 1180. The number of carbonyl (C=O) groups excluding carboxylic acids is 2. The molecule has 2 unspecified atom stereocenters. The Morgan fingerprint density at radius 2 is 0.739 bits per heavy atom. The Kier molecular flexibility index (Phi) is 50.7. The molecule has 69 heavy (non-hydrogen) atoms. The smallest absolute Gasteiger partial charge is 0.462 e. The van der Waals surface area contributed by atoms with Crippen LogP contribution in [0.25, 0.3) is 0 Å². The van der Waals surface area contributed by atoms with E-state index in [1.54, 1.807) is 0 Å². The molecule has 10 heteroatoms. The molecule has 0 aliphatic carbocycles. The topological polar surface area (TPSA) is 108 Å². The van der Waals surface area contributed by atoms with Crippen LogP contribution in [0.4, 0.5) is 0 Å². The lowest BCUT2D eigenvalue weighted by Crippen LogP contribution is -2.37. The Hall–Kier alpha value is -1.25. The molecule has 0 aromatic heterocycles. The number of phosphoric acid groups is 1. The Labute approximate surface area is 428 Å². The zero-order valence-corrected chi connectivity index (χ0v) is 47.5. The van der Waals surface area contributed by atoms with Gasteiger partial charge in [0.2, 0.25) is 0 Å². The predicted molar refractivity (Wildman–Crippen MR) is 294 cm³/mol. The van der Waals surface area contributed by atoms with Gasteiger partial charge in [-0.05, 0) is 38.5 Å². The van der Waals surface area contributed by atoms with Gasteiger partial charge in [0, 0.05) is 12.8 Å². The number of nitrogens with zero attached hydrogens (tertiary/aromatic N) is 1. The van der Waals surface area contributed by atoms with E-state index in [9.17, 15) is 19.0 Å². The van der Waals surface area contributed by atoms with E-state index in [2.05, 4.69) is 26.0 Å². The second kappa shape index (κ2) is 51.6. The summed E-state index contributed by atoms with van der Waals surface area (Å²) in [4.78, 5) is 35.5. The Morgan fingerprint density at radius 3 is 1.07 bits per heavy atom. The molecule has 0 radical (unpaired) electrons. The van der Waals surface area contributed by atoms with Gasteiger partial charge in [-0.3, -0.25) is 18.6 Å². The summed E-state index contributed by atoms with van der Waals surface area (Å²) in [6.45, 7) is 4.46. The lowest BCUT2D eigenvalue weighted by atomic mass is 10.0. The number of esters is 2. The van der Waals surface area contributed by atoms with Gasteiger partial charge < -0.3 is 18.9 Å². The largest absolute Gasteiger partial charge is 0.472 e. The number of hydrogen-bond acceptors (Lipinski definition) is 7. The zero-order valence-electron chi connectivity index (χ0n) is 46.6. The van der Waals surface area contributed by atoms with Crippen LogP contribution in [0.2, 0.25) is 0 Å². The first-order valence-corrected chi connectivity index (χ1v) is 31.4. The minimum Gasteiger partial charge on any atom is -0.462 e. The fourth-order valence-corrected chi connectivity index (χ4v) is 9.64. The van der Waals surface area contributed by atoms with Crippen molar-refractivity contribution < 1.29 is 42.1 Å². The summed E-state index contributed by atoms with van der Waals surface area (Å²) in [7, 11) is 1.50. The molecule has 410 valence electrons. The number of likely N-dealkylation sites (N-methyl/N-ethyl adjacent to an activating group) is 1. The molecule has 0 bridgehead atoms. The molecule has 0 aliphatic heterocycles. The third-order valence-corrected chi connectivity index (χ3v) is 14.5. The number of phosphoric ester groups is 1. The maximum atomic E-state index is 12.8. The van der Waals surface area contributed by atoms with E-state index in [0.29, 0.717) is 17.4 Å². The van der Waals surface area contributed by atoms with Crippen molar-refractivity contribution in [3.05, 3.63) is 12.2 Å². The molecule has 0 rings (SSSR count). The first kappa shape index (κ1) is 67.8. The predicted octanol–water partition coefficient (Wildman–Crippen LogP) is 18.4. The molecule has 0 aromatic rings. The van der Waals surface area contributed by atoms with Crippen LogP contribution >= 0.6 is 7.82 Å². The van der Waals surface area contributed by atoms with Gasteiger partial charge in [-0.25, -0.2) is 4.57 Å². The van der Waals surface area contributed by atoms with Crippen LogP contribution in [0.3, 0.4) is 0 Å². The standard InChI is InChI=1S/C59H116NO8P/c1-6-8-10-12-14-16-18-19-20-21-22-23-24-25-26-27-28-29-30-31-32-33-34-35-36-37-38-39-40-41-42-44-46-48-50-52-59(62)68-57(56-67-69(63,64)66-54-53-60(3,4)5)55-65-58(61)51-49-47-45-43-17-15-13-11-9-7-2/h21-22,57H,6-20,23-56H2,1-5H3/p+1/b22-21-. The Balaban J connectivity index is 3.86. The molecule has 0 saturated carbocycles. The number of unbranched alkanes of at least 4 members (excludes halogenated alkanes) is 40. The average molecular weight is 1000 g/mol. The second-order valence-electron chi connectivity index (χ2n) is 21.7. The average Bonchev–Trinajstić information content (AvgIpc) is 3.31. The lowest BCUT2D eigenvalue weighted by Gasteiger charge is -2.24. The molecule has 0 spiro atoms. The molecule has 1 N–H and O–H groups in total. The monoisotopic (exact) mass is 999 g/mol. The van der Waals surface area contributed by atoms with E-state index in [0.717, 1.165) is 38.5 Å². The van der Waals surface area contributed by atoms with E-state index in [1.165, 1.54) is 238 Å². The number of quaternary nitrogens is 1. The summed E-state index contributed by atoms with van der Waals surface area (Å²) in [5.74, 6) is -0.782. The van der Waals surface area contributed by atoms with Gasteiger partial charge >= 0.3 is 19.8 Å². The van der Waals surface area contributed by atoms with Crippen molar-refractivity contribution in [1.82, 2.24) is 0 Å².